The first kappa shape index (κ1) is 18.1. The summed E-state index contributed by atoms with van der Waals surface area (Å²) in [6, 6.07) is 14.9. The number of halogens is 1. The number of fused-ring (bicyclic) bond motifs is 1. The predicted octanol–water partition coefficient (Wildman–Crippen LogP) is 3.82. The van der Waals surface area contributed by atoms with E-state index in [1.807, 2.05) is 30.3 Å². The molecule has 2 aromatic carbocycles. The van der Waals surface area contributed by atoms with Gasteiger partial charge in [0.25, 0.3) is 5.91 Å². The van der Waals surface area contributed by atoms with Crippen molar-refractivity contribution in [1.82, 2.24) is 10.3 Å². The van der Waals surface area contributed by atoms with Crippen LogP contribution in [0, 0.1) is 0 Å². The van der Waals surface area contributed by atoms with E-state index in [1.54, 1.807) is 24.3 Å². The highest BCUT2D eigenvalue weighted by Gasteiger charge is 2.06. The molecule has 0 aliphatic heterocycles. The quantitative estimate of drug-likeness (QED) is 0.516. The number of hydrogen-bond donors (Lipinski definition) is 1. The van der Waals surface area contributed by atoms with E-state index in [1.165, 1.54) is 17.4 Å². The molecule has 0 atom stereocenters. The second-order valence-electron chi connectivity index (χ2n) is 5.37. The van der Waals surface area contributed by atoms with Crippen LogP contribution in [0.25, 0.3) is 16.3 Å². The fourth-order valence-electron chi connectivity index (χ4n) is 2.18. The molecule has 3 aromatic rings. The molecule has 1 amide bonds. The minimum atomic E-state index is -0.595. The number of thiazole rings is 1. The van der Waals surface area contributed by atoms with Crippen LogP contribution in [-0.4, -0.2) is 23.5 Å². The van der Waals surface area contributed by atoms with E-state index < -0.39 is 5.97 Å². The second kappa shape index (κ2) is 8.60. The summed E-state index contributed by atoms with van der Waals surface area (Å²) in [6.45, 7) is -0.0257. The number of amides is 1. The number of para-hydroxylation sites is 1. The summed E-state index contributed by atoms with van der Waals surface area (Å²) in [6.07, 6.45) is 2.85. The van der Waals surface area contributed by atoms with Crippen molar-refractivity contribution >= 4 is 51.1 Å². The maximum atomic E-state index is 11.7. The van der Waals surface area contributed by atoms with Crippen molar-refractivity contribution in [3.8, 4) is 0 Å². The number of esters is 1. The van der Waals surface area contributed by atoms with Gasteiger partial charge in [0.15, 0.2) is 6.61 Å². The molecule has 0 fully saturated rings. The SMILES string of the molecule is O=C(COC(=O)/C=C/c1nc2ccccc2s1)NCc1cccc(Cl)c1. The van der Waals surface area contributed by atoms with E-state index in [0.29, 0.717) is 16.6 Å². The molecule has 0 bridgehead atoms. The van der Waals surface area contributed by atoms with Crippen molar-refractivity contribution in [2.45, 2.75) is 6.54 Å². The average molecular weight is 387 g/mol. The number of hydrogen-bond acceptors (Lipinski definition) is 5. The molecule has 0 aliphatic carbocycles. The van der Waals surface area contributed by atoms with Crippen LogP contribution in [0.2, 0.25) is 5.02 Å². The molecule has 1 heterocycles. The van der Waals surface area contributed by atoms with Crippen molar-refractivity contribution in [3.05, 3.63) is 70.2 Å². The first-order valence-electron chi connectivity index (χ1n) is 7.82. The number of nitrogens with one attached hydrogen (secondary N) is 1. The lowest BCUT2D eigenvalue weighted by Crippen LogP contribution is -2.28. The van der Waals surface area contributed by atoms with Crippen LogP contribution >= 0.6 is 22.9 Å². The fourth-order valence-corrected chi connectivity index (χ4v) is 3.27. The Hall–Kier alpha value is -2.70. The van der Waals surface area contributed by atoms with E-state index in [4.69, 9.17) is 16.3 Å². The number of ether oxygens (including phenoxy) is 1. The average Bonchev–Trinajstić information content (AvgIpc) is 3.06. The lowest BCUT2D eigenvalue weighted by molar-refractivity contribution is -0.143. The number of benzene rings is 2. The molecule has 0 aliphatic rings. The van der Waals surface area contributed by atoms with Crippen LogP contribution in [-0.2, 0) is 20.9 Å². The third-order valence-electron chi connectivity index (χ3n) is 3.40. The molecule has 26 heavy (non-hydrogen) atoms. The van der Waals surface area contributed by atoms with Crippen LogP contribution in [0.15, 0.2) is 54.6 Å². The lowest BCUT2D eigenvalue weighted by atomic mass is 10.2. The molecule has 0 saturated heterocycles. The molecule has 3 rings (SSSR count). The summed E-state index contributed by atoms with van der Waals surface area (Å²) in [5.41, 5.74) is 1.75. The van der Waals surface area contributed by atoms with Gasteiger partial charge in [0.2, 0.25) is 0 Å². The van der Waals surface area contributed by atoms with Gasteiger partial charge in [-0.05, 0) is 35.9 Å². The Labute approximate surface area is 159 Å². The second-order valence-corrected chi connectivity index (χ2v) is 6.87. The van der Waals surface area contributed by atoms with Crippen LogP contribution < -0.4 is 5.32 Å². The third kappa shape index (κ3) is 5.15. The molecule has 1 aromatic heterocycles. The number of carbonyl (C=O) groups excluding carboxylic acids is 2. The number of rotatable bonds is 6. The minimum Gasteiger partial charge on any atom is -0.452 e. The predicted molar refractivity (Wildman–Crippen MR) is 103 cm³/mol. The zero-order valence-corrected chi connectivity index (χ0v) is 15.2. The van der Waals surface area contributed by atoms with E-state index in [0.717, 1.165) is 15.8 Å². The summed E-state index contributed by atoms with van der Waals surface area (Å²) in [5.74, 6) is -0.978. The number of aromatic nitrogens is 1. The fraction of sp³-hybridized carbons (Fsp3) is 0.105. The molecule has 0 radical (unpaired) electrons. The lowest BCUT2D eigenvalue weighted by Gasteiger charge is -2.05. The zero-order chi connectivity index (χ0) is 18.4. The van der Waals surface area contributed by atoms with Crippen LogP contribution in [0.1, 0.15) is 10.6 Å². The topological polar surface area (TPSA) is 68.3 Å². The summed E-state index contributed by atoms with van der Waals surface area (Å²) < 4.78 is 5.97. The molecule has 0 spiro atoms. The summed E-state index contributed by atoms with van der Waals surface area (Å²) in [4.78, 5) is 27.9. The first-order valence-corrected chi connectivity index (χ1v) is 9.01. The van der Waals surface area contributed by atoms with Gasteiger partial charge in [0.05, 0.1) is 10.2 Å². The van der Waals surface area contributed by atoms with Gasteiger partial charge in [-0.25, -0.2) is 9.78 Å². The van der Waals surface area contributed by atoms with E-state index in [-0.39, 0.29) is 12.5 Å². The van der Waals surface area contributed by atoms with Crippen LogP contribution in [0.3, 0.4) is 0 Å². The minimum absolute atomic E-state index is 0.318. The maximum absolute atomic E-state index is 11.7. The molecule has 0 unspecified atom stereocenters. The largest absolute Gasteiger partial charge is 0.452 e. The molecule has 5 nitrogen and oxygen atoms in total. The van der Waals surface area contributed by atoms with Gasteiger partial charge in [0, 0.05) is 17.6 Å². The van der Waals surface area contributed by atoms with E-state index in [9.17, 15) is 9.59 Å². The van der Waals surface area contributed by atoms with Crippen molar-refractivity contribution in [1.29, 1.82) is 0 Å². The Bertz CT molecular complexity index is 935. The van der Waals surface area contributed by atoms with E-state index >= 15 is 0 Å². The van der Waals surface area contributed by atoms with Gasteiger partial charge < -0.3 is 10.1 Å². The number of carbonyl (C=O) groups is 2. The van der Waals surface area contributed by atoms with Gasteiger partial charge >= 0.3 is 5.97 Å². The Morgan fingerprint density at radius 2 is 2.04 bits per heavy atom. The molecule has 0 saturated carbocycles. The highest BCUT2D eigenvalue weighted by atomic mass is 35.5. The maximum Gasteiger partial charge on any atom is 0.331 e. The van der Waals surface area contributed by atoms with Gasteiger partial charge in [0.1, 0.15) is 5.01 Å². The van der Waals surface area contributed by atoms with Crippen molar-refractivity contribution in [2.24, 2.45) is 0 Å². The van der Waals surface area contributed by atoms with E-state index in [2.05, 4.69) is 10.3 Å². The van der Waals surface area contributed by atoms with Crippen molar-refractivity contribution in [2.75, 3.05) is 6.61 Å². The third-order valence-corrected chi connectivity index (χ3v) is 4.63. The monoisotopic (exact) mass is 386 g/mol. The first-order chi connectivity index (χ1) is 12.6. The Kier molecular flexibility index (Phi) is 5.99. The van der Waals surface area contributed by atoms with Crippen LogP contribution in [0.5, 0.6) is 0 Å². The highest BCUT2D eigenvalue weighted by Crippen LogP contribution is 2.22. The smallest absolute Gasteiger partial charge is 0.331 e. The molecular weight excluding hydrogens is 372 g/mol. The van der Waals surface area contributed by atoms with Gasteiger partial charge in [-0.15, -0.1) is 11.3 Å². The molecular formula is C19H15ClN2O3S. The normalized spacial score (nSPS) is 11.0. The highest BCUT2D eigenvalue weighted by molar-refractivity contribution is 7.19. The standard InChI is InChI=1S/C19H15ClN2O3S/c20-14-5-3-4-13(10-14)11-21-17(23)12-25-19(24)9-8-18-22-15-6-1-2-7-16(15)26-18/h1-10H,11-12H2,(H,21,23)/b9-8+. The van der Waals surface area contributed by atoms with Gasteiger partial charge in [-0.1, -0.05) is 35.9 Å². The van der Waals surface area contributed by atoms with Crippen molar-refractivity contribution < 1.29 is 14.3 Å². The summed E-state index contributed by atoms with van der Waals surface area (Å²) >= 11 is 7.35. The van der Waals surface area contributed by atoms with Gasteiger partial charge in [-0.2, -0.15) is 0 Å². The Morgan fingerprint density at radius 3 is 2.85 bits per heavy atom. The van der Waals surface area contributed by atoms with Crippen molar-refractivity contribution in [3.63, 3.8) is 0 Å². The number of nitrogens with zero attached hydrogens (tertiary/aromatic N) is 1. The molecule has 7 heteroatoms. The summed E-state index contributed by atoms with van der Waals surface area (Å²) in [7, 11) is 0. The summed E-state index contributed by atoms with van der Waals surface area (Å²) in [5, 5.41) is 3.97. The zero-order valence-electron chi connectivity index (χ0n) is 13.6. The molecule has 1 N–H and O–H groups in total. The Balaban J connectivity index is 1.45. The Morgan fingerprint density at radius 1 is 1.19 bits per heavy atom. The van der Waals surface area contributed by atoms with Gasteiger partial charge in [-0.3, -0.25) is 4.79 Å². The molecule has 132 valence electrons. The van der Waals surface area contributed by atoms with Crippen LogP contribution in [0.4, 0.5) is 0 Å².